The fourth-order valence-corrected chi connectivity index (χ4v) is 3.03. The van der Waals surface area contributed by atoms with Crippen LogP contribution in [0, 0.1) is 32.4 Å². The van der Waals surface area contributed by atoms with Crippen LogP contribution >= 0.6 is 0 Å². The van der Waals surface area contributed by atoms with Crippen molar-refractivity contribution in [3.8, 4) is 0 Å². The summed E-state index contributed by atoms with van der Waals surface area (Å²) in [6.07, 6.45) is 2.24. The SMILES string of the molecule is Cc1ccc(CN(Cc2c(C)nn(C)c2C)C2CC2)c(F)c1F. The molecular formula is C18H23F2N3. The Balaban J connectivity index is 1.85. The van der Waals surface area contributed by atoms with Crippen molar-refractivity contribution in [3.05, 3.63) is 51.8 Å². The third kappa shape index (κ3) is 3.15. The van der Waals surface area contributed by atoms with Gasteiger partial charge in [0.25, 0.3) is 0 Å². The second-order valence-electron chi connectivity index (χ2n) is 6.58. The normalized spacial score (nSPS) is 14.7. The Morgan fingerprint density at radius 3 is 2.39 bits per heavy atom. The second kappa shape index (κ2) is 6.04. The summed E-state index contributed by atoms with van der Waals surface area (Å²) in [5.74, 6) is -1.44. The molecule has 124 valence electrons. The minimum Gasteiger partial charge on any atom is -0.292 e. The molecular weight excluding hydrogens is 296 g/mol. The summed E-state index contributed by atoms with van der Waals surface area (Å²) >= 11 is 0. The standard InChI is InChI=1S/C18H23F2N3/c1-11-5-6-14(18(20)17(11)19)9-23(15-7-8-15)10-16-12(2)21-22(4)13(16)3/h5-6,15H,7-10H2,1-4H3. The molecule has 0 saturated heterocycles. The predicted molar refractivity (Wildman–Crippen MR) is 86.0 cm³/mol. The average Bonchev–Trinajstić information content (AvgIpc) is 3.31. The Hall–Kier alpha value is -1.75. The summed E-state index contributed by atoms with van der Waals surface area (Å²) in [6.45, 7) is 6.79. The minimum absolute atomic E-state index is 0.350. The van der Waals surface area contributed by atoms with Gasteiger partial charge in [0.05, 0.1) is 5.69 Å². The van der Waals surface area contributed by atoms with E-state index in [1.54, 1.807) is 19.1 Å². The summed E-state index contributed by atoms with van der Waals surface area (Å²) in [7, 11) is 1.93. The van der Waals surface area contributed by atoms with Crippen LogP contribution in [0.1, 0.15) is 40.9 Å². The summed E-state index contributed by atoms with van der Waals surface area (Å²) in [4.78, 5) is 2.24. The third-order valence-electron chi connectivity index (χ3n) is 4.81. The molecule has 0 amide bonds. The zero-order valence-electron chi connectivity index (χ0n) is 14.2. The van der Waals surface area contributed by atoms with Gasteiger partial charge < -0.3 is 0 Å². The molecule has 0 atom stereocenters. The van der Waals surface area contributed by atoms with Gasteiger partial charge in [-0.2, -0.15) is 5.10 Å². The lowest BCUT2D eigenvalue weighted by molar-refractivity contribution is 0.240. The molecule has 0 unspecified atom stereocenters. The Kier molecular flexibility index (Phi) is 4.23. The lowest BCUT2D eigenvalue weighted by atomic mass is 10.1. The molecule has 23 heavy (non-hydrogen) atoms. The first-order chi connectivity index (χ1) is 10.9. The molecule has 2 aromatic rings. The zero-order chi connectivity index (χ0) is 16.7. The lowest BCUT2D eigenvalue weighted by Gasteiger charge is -2.23. The monoisotopic (exact) mass is 319 g/mol. The molecule has 0 spiro atoms. The van der Waals surface area contributed by atoms with E-state index in [1.807, 2.05) is 25.6 Å². The fourth-order valence-electron chi connectivity index (χ4n) is 3.03. The van der Waals surface area contributed by atoms with E-state index in [1.165, 1.54) is 5.56 Å². The summed E-state index contributed by atoms with van der Waals surface area (Å²) in [5.41, 5.74) is 4.10. The van der Waals surface area contributed by atoms with Gasteiger partial charge in [0.15, 0.2) is 11.6 Å². The van der Waals surface area contributed by atoms with E-state index in [4.69, 9.17) is 0 Å². The molecule has 1 fully saturated rings. The highest BCUT2D eigenvalue weighted by atomic mass is 19.2. The van der Waals surface area contributed by atoms with Gasteiger partial charge in [0, 0.05) is 43.0 Å². The lowest BCUT2D eigenvalue weighted by Crippen LogP contribution is -2.26. The van der Waals surface area contributed by atoms with Crippen molar-refractivity contribution in [2.24, 2.45) is 7.05 Å². The van der Waals surface area contributed by atoms with Gasteiger partial charge in [0.2, 0.25) is 0 Å². The maximum Gasteiger partial charge on any atom is 0.163 e. The molecule has 0 aliphatic heterocycles. The highest BCUT2D eigenvalue weighted by Crippen LogP contribution is 2.31. The van der Waals surface area contributed by atoms with Gasteiger partial charge in [-0.25, -0.2) is 8.78 Å². The molecule has 5 heteroatoms. The number of aromatic nitrogens is 2. The van der Waals surface area contributed by atoms with E-state index < -0.39 is 11.6 Å². The summed E-state index contributed by atoms with van der Waals surface area (Å²) in [6, 6.07) is 3.81. The van der Waals surface area contributed by atoms with Crippen LogP contribution < -0.4 is 0 Å². The van der Waals surface area contributed by atoms with Crippen LogP contribution in [-0.2, 0) is 20.1 Å². The van der Waals surface area contributed by atoms with Crippen LogP contribution in [0.25, 0.3) is 0 Å². The molecule has 1 saturated carbocycles. The summed E-state index contributed by atoms with van der Waals surface area (Å²) in [5, 5.41) is 4.45. The number of nitrogens with zero attached hydrogens (tertiary/aromatic N) is 3. The van der Waals surface area contributed by atoms with E-state index in [-0.39, 0.29) is 0 Å². The van der Waals surface area contributed by atoms with Crippen LogP contribution in [0.4, 0.5) is 8.78 Å². The van der Waals surface area contributed by atoms with Crippen molar-refractivity contribution >= 4 is 0 Å². The van der Waals surface area contributed by atoms with E-state index in [0.717, 1.165) is 30.8 Å². The van der Waals surface area contributed by atoms with Crippen molar-refractivity contribution in [3.63, 3.8) is 0 Å². The molecule has 1 aromatic carbocycles. The Morgan fingerprint density at radius 2 is 1.83 bits per heavy atom. The van der Waals surface area contributed by atoms with E-state index >= 15 is 0 Å². The van der Waals surface area contributed by atoms with Gasteiger partial charge in [-0.15, -0.1) is 0 Å². The van der Waals surface area contributed by atoms with Crippen molar-refractivity contribution in [1.29, 1.82) is 0 Å². The first-order valence-electron chi connectivity index (χ1n) is 8.05. The number of rotatable bonds is 5. The predicted octanol–water partition coefficient (Wildman–Crippen LogP) is 3.79. The van der Waals surface area contributed by atoms with E-state index in [2.05, 4.69) is 10.00 Å². The van der Waals surface area contributed by atoms with Gasteiger partial charge in [-0.1, -0.05) is 12.1 Å². The maximum absolute atomic E-state index is 14.2. The van der Waals surface area contributed by atoms with Gasteiger partial charge >= 0.3 is 0 Å². The van der Waals surface area contributed by atoms with Crippen molar-refractivity contribution in [2.45, 2.75) is 52.7 Å². The first-order valence-corrected chi connectivity index (χ1v) is 8.05. The fraction of sp³-hybridized carbons (Fsp3) is 0.500. The van der Waals surface area contributed by atoms with Crippen LogP contribution in [0.15, 0.2) is 12.1 Å². The van der Waals surface area contributed by atoms with Crippen LogP contribution in [0.2, 0.25) is 0 Å². The smallest absolute Gasteiger partial charge is 0.163 e. The van der Waals surface area contributed by atoms with E-state index in [0.29, 0.717) is 23.7 Å². The number of benzene rings is 1. The van der Waals surface area contributed by atoms with Crippen LogP contribution in [0.5, 0.6) is 0 Å². The van der Waals surface area contributed by atoms with Gasteiger partial charge in [0.1, 0.15) is 0 Å². The zero-order valence-corrected chi connectivity index (χ0v) is 14.2. The number of halogens is 2. The molecule has 1 aromatic heterocycles. The molecule has 0 bridgehead atoms. The first kappa shape index (κ1) is 16.1. The van der Waals surface area contributed by atoms with Crippen molar-refractivity contribution in [2.75, 3.05) is 0 Å². The van der Waals surface area contributed by atoms with Gasteiger partial charge in [-0.05, 0) is 39.2 Å². The topological polar surface area (TPSA) is 21.1 Å². The molecule has 0 radical (unpaired) electrons. The highest BCUT2D eigenvalue weighted by molar-refractivity contribution is 5.27. The van der Waals surface area contributed by atoms with Crippen LogP contribution in [0.3, 0.4) is 0 Å². The second-order valence-corrected chi connectivity index (χ2v) is 6.58. The van der Waals surface area contributed by atoms with Crippen molar-refractivity contribution in [1.82, 2.24) is 14.7 Å². The average molecular weight is 319 g/mol. The number of aryl methyl sites for hydroxylation is 3. The molecule has 0 N–H and O–H groups in total. The Bertz CT molecular complexity index is 732. The molecule has 1 aliphatic carbocycles. The Labute approximate surface area is 135 Å². The maximum atomic E-state index is 14.2. The quantitative estimate of drug-likeness (QED) is 0.836. The van der Waals surface area contributed by atoms with Gasteiger partial charge in [-0.3, -0.25) is 9.58 Å². The number of hydrogen-bond acceptors (Lipinski definition) is 2. The minimum atomic E-state index is -0.730. The molecule has 1 heterocycles. The molecule has 3 nitrogen and oxygen atoms in total. The van der Waals surface area contributed by atoms with Crippen LogP contribution in [-0.4, -0.2) is 20.7 Å². The largest absolute Gasteiger partial charge is 0.292 e. The van der Waals surface area contributed by atoms with Crippen molar-refractivity contribution < 1.29 is 8.78 Å². The van der Waals surface area contributed by atoms with E-state index in [9.17, 15) is 8.78 Å². The third-order valence-corrected chi connectivity index (χ3v) is 4.81. The molecule has 3 rings (SSSR count). The number of hydrogen-bond donors (Lipinski definition) is 0. The Morgan fingerprint density at radius 1 is 1.13 bits per heavy atom. The highest BCUT2D eigenvalue weighted by Gasteiger charge is 2.31. The summed E-state index contributed by atoms with van der Waals surface area (Å²) < 4.78 is 29.9. The molecule has 1 aliphatic rings.